The summed E-state index contributed by atoms with van der Waals surface area (Å²) in [5.74, 6) is 0.203. The lowest BCUT2D eigenvalue weighted by Gasteiger charge is -2.11. The zero-order valence-electron chi connectivity index (χ0n) is 10.7. The van der Waals surface area contributed by atoms with Crippen molar-refractivity contribution in [1.82, 2.24) is 10.5 Å². The maximum Gasteiger partial charge on any atom is 0.273 e. The Morgan fingerprint density at radius 3 is 2.79 bits per heavy atom. The minimum absolute atomic E-state index is 0.0916. The molecule has 0 aliphatic rings. The molecule has 0 bridgehead atoms. The first-order valence-corrected chi connectivity index (χ1v) is 6.18. The van der Waals surface area contributed by atoms with Gasteiger partial charge < -0.3 is 14.9 Å². The number of benzene rings is 1. The summed E-state index contributed by atoms with van der Waals surface area (Å²) < 4.78 is 5.15. The Balaban J connectivity index is 2.11. The molecule has 2 aromatic rings. The Hall–Kier alpha value is -2.14. The van der Waals surface area contributed by atoms with Crippen LogP contribution in [-0.2, 0) is 0 Å². The van der Waals surface area contributed by atoms with Crippen molar-refractivity contribution in [2.45, 2.75) is 19.4 Å². The van der Waals surface area contributed by atoms with Gasteiger partial charge in [0.1, 0.15) is 0 Å². The molecule has 0 aliphatic heterocycles. The van der Waals surface area contributed by atoms with E-state index >= 15 is 0 Å². The van der Waals surface area contributed by atoms with Crippen LogP contribution < -0.4 is 5.32 Å². The van der Waals surface area contributed by atoms with Gasteiger partial charge in [0.05, 0.1) is 12.6 Å². The zero-order valence-corrected chi connectivity index (χ0v) is 10.7. The topological polar surface area (TPSA) is 75.4 Å². The normalized spacial score (nSPS) is 12.1. The number of aromatic nitrogens is 1. The maximum absolute atomic E-state index is 11.9. The minimum atomic E-state index is -0.341. The van der Waals surface area contributed by atoms with Crippen molar-refractivity contribution in [3.63, 3.8) is 0 Å². The fourth-order valence-corrected chi connectivity index (χ4v) is 1.66. The minimum Gasteiger partial charge on any atom is -0.394 e. The van der Waals surface area contributed by atoms with Crippen LogP contribution in [0, 0.1) is 0 Å². The molecule has 19 heavy (non-hydrogen) atoms. The largest absolute Gasteiger partial charge is 0.394 e. The molecular formula is C14H16N2O3. The zero-order chi connectivity index (χ0) is 13.7. The molecule has 1 amide bonds. The number of rotatable bonds is 5. The second-order valence-electron chi connectivity index (χ2n) is 4.20. The van der Waals surface area contributed by atoms with Crippen LogP contribution in [0.3, 0.4) is 0 Å². The van der Waals surface area contributed by atoms with E-state index in [9.17, 15) is 4.79 Å². The van der Waals surface area contributed by atoms with Gasteiger partial charge in [0, 0.05) is 11.6 Å². The van der Waals surface area contributed by atoms with Crippen LogP contribution in [0.4, 0.5) is 0 Å². The van der Waals surface area contributed by atoms with Crippen LogP contribution in [0.1, 0.15) is 23.8 Å². The Labute approximate surface area is 111 Å². The summed E-state index contributed by atoms with van der Waals surface area (Å²) >= 11 is 0. The predicted octanol–water partition coefficient (Wildman–Crippen LogP) is 1.84. The van der Waals surface area contributed by atoms with Crippen LogP contribution in [0.25, 0.3) is 11.3 Å². The lowest BCUT2D eigenvalue weighted by molar-refractivity contribution is 0.0906. The van der Waals surface area contributed by atoms with Crippen molar-refractivity contribution >= 4 is 5.91 Å². The number of hydrogen-bond acceptors (Lipinski definition) is 4. The highest BCUT2D eigenvalue weighted by molar-refractivity contribution is 5.93. The molecule has 0 fully saturated rings. The monoisotopic (exact) mass is 260 g/mol. The summed E-state index contributed by atoms with van der Waals surface area (Å²) in [5.41, 5.74) is 1.08. The van der Waals surface area contributed by atoms with Gasteiger partial charge in [0.15, 0.2) is 11.5 Å². The number of hydrogen-bond donors (Lipinski definition) is 2. The number of amides is 1. The van der Waals surface area contributed by atoms with E-state index in [0.717, 1.165) is 5.56 Å². The summed E-state index contributed by atoms with van der Waals surface area (Å²) in [5, 5.41) is 15.5. The Kier molecular flexibility index (Phi) is 4.30. The molecule has 0 radical (unpaired) electrons. The number of nitrogens with zero attached hydrogens (tertiary/aromatic N) is 1. The van der Waals surface area contributed by atoms with Crippen LogP contribution in [0.2, 0.25) is 0 Å². The van der Waals surface area contributed by atoms with Crippen molar-refractivity contribution in [3.8, 4) is 11.3 Å². The summed E-state index contributed by atoms with van der Waals surface area (Å²) in [4.78, 5) is 11.9. The van der Waals surface area contributed by atoms with Gasteiger partial charge in [-0.15, -0.1) is 0 Å². The van der Waals surface area contributed by atoms with E-state index in [1.807, 2.05) is 37.3 Å². The summed E-state index contributed by atoms with van der Waals surface area (Å²) in [6.07, 6.45) is 0.658. The quantitative estimate of drug-likeness (QED) is 0.860. The van der Waals surface area contributed by atoms with Crippen LogP contribution in [-0.4, -0.2) is 28.8 Å². The Bertz CT molecular complexity index is 533. The van der Waals surface area contributed by atoms with E-state index < -0.39 is 0 Å². The fourth-order valence-electron chi connectivity index (χ4n) is 1.66. The molecule has 0 unspecified atom stereocenters. The molecule has 0 saturated carbocycles. The van der Waals surface area contributed by atoms with Crippen LogP contribution in [0.5, 0.6) is 0 Å². The van der Waals surface area contributed by atoms with Gasteiger partial charge in [-0.1, -0.05) is 42.4 Å². The van der Waals surface area contributed by atoms with Crippen molar-refractivity contribution in [2.24, 2.45) is 0 Å². The third kappa shape index (κ3) is 3.20. The number of aliphatic hydroxyl groups excluding tert-OH is 1. The molecule has 0 aliphatic carbocycles. The molecule has 5 nitrogen and oxygen atoms in total. The van der Waals surface area contributed by atoms with Gasteiger partial charge in [0.25, 0.3) is 5.91 Å². The third-order valence-electron chi connectivity index (χ3n) is 2.85. The predicted molar refractivity (Wildman–Crippen MR) is 70.6 cm³/mol. The molecule has 1 atom stereocenters. The van der Waals surface area contributed by atoms with Crippen molar-refractivity contribution in [1.29, 1.82) is 0 Å². The SMILES string of the molecule is CC[C@@H](CO)NC(=O)c1cc(-c2ccccc2)on1. The van der Waals surface area contributed by atoms with Gasteiger partial charge in [-0.3, -0.25) is 4.79 Å². The second kappa shape index (κ2) is 6.15. The summed E-state index contributed by atoms with van der Waals surface area (Å²) in [6, 6.07) is 10.8. The third-order valence-corrected chi connectivity index (χ3v) is 2.85. The number of nitrogens with one attached hydrogen (secondary N) is 1. The summed E-state index contributed by atoms with van der Waals surface area (Å²) in [7, 11) is 0. The Morgan fingerprint density at radius 2 is 2.16 bits per heavy atom. The van der Waals surface area contributed by atoms with Gasteiger partial charge in [-0.05, 0) is 6.42 Å². The first-order valence-electron chi connectivity index (χ1n) is 6.18. The van der Waals surface area contributed by atoms with Crippen molar-refractivity contribution in [2.75, 3.05) is 6.61 Å². The number of carbonyl (C=O) groups is 1. The standard InChI is InChI=1S/C14H16N2O3/c1-2-11(9-17)15-14(18)12-8-13(19-16-12)10-6-4-3-5-7-10/h3-8,11,17H,2,9H2,1H3,(H,15,18)/t11-/m0/s1. The molecular weight excluding hydrogens is 244 g/mol. The first kappa shape index (κ1) is 13.3. The maximum atomic E-state index is 11.9. The lowest BCUT2D eigenvalue weighted by Crippen LogP contribution is -2.37. The second-order valence-corrected chi connectivity index (χ2v) is 4.20. The molecule has 5 heteroatoms. The highest BCUT2D eigenvalue weighted by Gasteiger charge is 2.16. The van der Waals surface area contributed by atoms with E-state index in [4.69, 9.17) is 9.63 Å². The van der Waals surface area contributed by atoms with E-state index in [0.29, 0.717) is 12.2 Å². The molecule has 1 aromatic heterocycles. The Morgan fingerprint density at radius 1 is 1.42 bits per heavy atom. The fraction of sp³-hybridized carbons (Fsp3) is 0.286. The molecule has 2 rings (SSSR count). The number of carbonyl (C=O) groups excluding carboxylic acids is 1. The van der Waals surface area contributed by atoms with E-state index in [1.165, 1.54) is 0 Å². The average molecular weight is 260 g/mol. The lowest BCUT2D eigenvalue weighted by atomic mass is 10.1. The first-order chi connectivity index (χ1) is 9.24. The van der Waals surface area contributed by atoms with Crippen LogP contribution in [0.15, 0.2) is 40.9 Å². The van der Waals surface area contributed by atoms with E-state index in [2.05, 4.69) is 10.5 Å². The molecule has 100 valence electrons. The molecule has 2 N–H and O–H groups in total. The summed E-state index contributed by atoms with van der Waals surface area (Å²) in [6.45, 7) is 1.80. The molecule has 0 spiro atoms. The van der Waals surface area contributed by atoms with E-state index in [-0.39, 0.29) is 24.2 Å². The van der Waals surface area contributed by atoms with Gasteiger partial charge >= 0.3 is 0 Å². The number of aliphatic hydroxyl groups is 1. The average Bonchev–Trinajstić information content (AvgIpc) is 2.95. The van der Waals surface area contributed by atoms with E-state index in [1.54, 1.807) is 6.07 Å². The van der Waals surface area contributed by atoms with Crippen molar-refractivity contribution in [3.05, 3.63) is 42.1 Å². The molecule has 1 aromatic carbocycles. The molecule has 0 saturated heterocycles. The highest BCUT2D eigenvalue weighted by Crippen LogP contribution is 2.19. The van der Waals surface area contributed by atoms with Gasteiger partial charge in [-0.25, -0.2) is 0 Å². The molecule has 1 heterocycles. The smallest absolute Gasteiger partial charge is 0.273 e. The highest BCUT2D eigenvalue weighted by atomic mass is 16.5. The van der Waals surface area contributed by atoms with Crippen molar-refractivity contribution < 1.29 is 14.4 Å². The van der Waals surface area contributed by atoms with Crippen LogP contribution >= 0.6 is 0 Å². The van der Waals surface area contributed by atoms with Gasteiger partial charge in [-0.2, -0.15) is 0 Å². The van der Waals surface area contributed by atoms with Gasteiger partial charge in [0.2, 0.25) is 0 Å².